The minimum absolute atomic E-state index is 0.453. The van der Waals surface area contributed by atoms with E-state index in [4.69, 9.17) is 11.6 Å². The summed E-state index contributed by atoms with van der Waals surface area (Å²) in [6.45, 7) is 0.908. The topological polar surface area (TPSA) is 30.7 Å². The smallest absolute Gasteiger partial charge is 0.182 e. The summed E-state index contributed by atoms with van der Waals surface area (Å²) in [7, 11) is 0. The van der Waals surface area contributed by atoms with Crippen LogP contribution in [0.15, 0.2) is 4.60 Å². The Bertz CT molecular complexity index is 263. The molecular formula is C7H9BrClN3. The maximum Gasteiger partial charge on any atom is 0.185 e. The maximum absolute atomic E-state index is 5.73. The van der Waals surface area contributed by atoms with Gasteiger partial charge in [0.25, 0.3) is 0 Å². The number of rotatable bonds is 2. The third-order valence-corrected chi connectivity index (χ3v) is 3.24. The van der Waals surface area contributed by atoms with E-state index in [0.717, 1.165) is 12.5 Å². The summed E-state index contributed by atoms with van der Waals surface area (Å²) in [6, 6.07) is 0. The first-order chi connectivity index (χ1) is 5.75. The van der Waals surface area contributed by atoms with Crippen LogP contribution in [-0.4, -0.2) is 15.0 Å². The summed E-state index contributed by atoms with van der Waals surface area (Å²) in [5.74, 6) is 0.764. The van der Waals surface area contributed by atoms with Crippen LogP contribution in [0.3, 0.4) is 0 Å². The Morgan fingerprint density at radius 1 is 1.50 bits per heavy atom. The highest BCUT2D eigenvalue weighted by Gasteiger charge is 2.19. The van der Waals surface area contributed by atoms with E-state index in [1.165, 1.54) is 19.3 Å². The van der Waals surface area contributed by atoms with Gasteiger partial charge in [0.1, 0.15) is 0 Å². The van der Waals surface area contributed by atoms with Gasteiger partial charge in [-0.3, -0.25) is 0 Å². The molecule has 1 heterocycles. The Balaban J connectivity index is 2.02. The van der Waals surface area contributed by atoms with E-state index in [1.54, 1.807) is 4.80 Å². The van der Waals surface area contributed by atoms with Gasteiger partial charge in [-0.05, 0) is 34.7 Å². The molecule has 0 bridgehead atoms. The number of nitrogens with zero attached hydrogens (tertiary/aromatic N) is 3. The first-order valence-corrected chi connectivity index (χ1v) is 5.19. The Kier molecular flexibility index (Phi) is 2.37. The lowest BCUT2D eigenvalue weighted by atomic mass is 9.86. The minimum Gasteiger partial charge on any atom is -0.182 e. The molecule has 0 aromatic carbocycles. The lowest BCUT2D eigenvalue weighted by molar-refractivity contribution is 0.253. The largest absolute Gasteiger partial charge is 0.185 e. The van der Waals surface area contributed by atoms with Crippen molar-refractivity contribution in [1.82, 2.24) is 15.0 Å². The van der Waals surface area contributed by atoms with Crippen LogP contribution in [0.5, 0.6) is 0 Å². The van der Waals surface area contributed by atoms with Gasteiger partial charge in [-0.2, -0.15) is 4.80 Å². The molecule has 1 saturated carbocycles. The van der Waals surface area contributed by atoms with Crippen LogP contribution in [0.4, 0.5) is 0 Å². The molecule has 0 saturated heterocycles. The van der Waals surface area contributed by atoms with Gasteiger partial charge < -0.3 is 0 Å². The molecule has 0 unspecified atom stereocenters. The zero-order valence-corrected chi connectivity index (χ0v) is 8.85. The van der Waals surface area contributed by atoms with Crippen LogP contribution in [0, 0.1) is 5.92 Å². The molecule has 12 heavy (non-hydrogen) atoms. The maximum atomic E-state index is 5.73. The monoisotopic (exact) mass is 249 g/mol. The summed E-state index contributed by atoms with van der Waals surface area (Å²) in [4.78, 5) is 1.68. The molecule has 1 aliphatic rings. The van der Waals surface area contributed by atoms with Crippen molar-refractivity contribution in [2.45, 2.75) is 25.8 Å². The number of halogens is 2. The summed E-state index contributed by atoms with van der Waals surface area (Å²) < 4.78 is 0.642. The normalized spacial score (nSPS) is 17.8. The molecule has 0 amide bonds. The van der Waals surface area contributed by atoms with E-state index in [2.05, 4.69) is 26.1 Å². The molecule has 66 valence electrons. The van der Waals surface area contributed by atoms with Crippen LogP contribution in [-0.2, 0) is 6.54 Å². The van der Waals surface area contributed by atoms with Crippen molar-refractivity contribution in [3.63, 3.8) is 0 Å². The van der Waals surface area contributed by atoms with Crippen molar-refractivity contribution < 1.29 is 0 Å². The molecule has 0 N–H and O–H groups in total. The third kappa shape index (κ3) is 1.64. The number of aromatic nitrogens is 3. The van der Waals surface area contributed by atoms with Gasteiger partial charge in [0.2, 0.25) is 0 Å². The van der Waals surface area contributed by atoms with Crippen molar-refractivity contribution in [2.24, 2.45) is 5.92 Å². The average Bonchev–Trinajstić information content (AvgIpc) is 2.24. The van der Waals surface area contributed by atoms with Crippen molar-refractivity contribution in [3.05, 3.63) is 9.76 Å². The molecule has 1 aromatic rings. The van der Waals surface area contributed by atoms with Crippen LogP contribution in [0.2, 0.25) is 5.15 Å². The first-order valence-electron chi connectivity index (χ1n) is 4.02. The fraction of sp³-hybridized carbons (Fsp3) is 0.714. The highest BCUT2D eigenvalue weighted by molar-refractivity contribution is 9.10. The molecule has 0 spiro atoms. The predicted molar refractivity (Wildman–Crippen MR) is 50.1 cm³/mol. The summed E-state index contributed by atoms with van der Waals surface area (Å²) in [5.41, 5.74) is 0. The summed E-state index contributed by atoms with van der Waals surface area (Å²) in [6.07, 6.45) is 3.95. The Labute approximate surface area is 84.2 Å². The SMILES string of the molecule is Clc1nn(CC2CCC2)nc1Br. The zero-order chi connectivity index (χ0) is 8.55. The van der Waals surface area contributed by atoms with Crippen molar-refractivity contribution >= 4 is 27.5 Å². The second-order valence-electron chi connectivity index (χ2n) is 3.13. The van der Waals surface area contributed by atoms with Gasteiger partial charge in [0, 0.05) is 0 Å². The molecular weight excluding hydrogens is 241 g/mol. The molecule has 1 aromatic heterocycles. The highest BCUT2D eigenvalue weighted by atomic mass is 79.9. The van der Waals surface area contributed by atoms with E-state index in [-0.39, 0.29) is 0 Å². The van der Waals surface area contributed by atoms with Gasteiger partial charge in [-0.25, -0.2) is 0 Å². The molecule has 0 radical (unpaired) electrons. The lowest BCUT2D eigenvalue weighted by Gasteiger charge is -2.24. The quantitative estimate of drug-likeness (QED) is 0.807. The van der Waals surface area contributed by atoms with E-state index in [0.29, 0.717) is 9.76 Å². The zero-order valence-electron chi connectivity index (χ0n) is 6.50. The molecule has 2 rings (SSSR count). The number of hydrogen-bond acceptors (Lipinski definition) is 2. The standard InChI is InChI=1S/C7H9BrClN3/c8-6-7(9)11-12(10-6)4-5-2-1-3-5/h5H,1-4H2. The second kappa shape index (κ2) is 3.34. The molecule has 0 atom stereocenters. The molecule has 1 aliphatic carbocycles. The van der Waals surface area contributed by atoms with Gasteiger partial charge >= 0.3 is 0 Å². The predicted octanol–water partition coefficient (Wildman–Crippen LogP) is 2.49. The van der Waals surface area contributed by atoms with Gasteiger partial charge in [-0.1, -0.05) is 18.0 Å². The summed E-state index contributed by atoms with van der Waals surface area (Å²) in [5, 5.41) is 8.63. The van der Waals surface area contributed by atoms with Crippen molar-refractivity contribution in [3.8, 4) is 0 Å². The molecule has 1 fully saturated rings. The van der Waals surface area contributed by atoms with E-state index in [1.807, 2.05) is 0 Å². The Morgan fingerprint density at radius 3 is 2.67 bits per heavy atom. The Hall–Kier alpha value is -0.0900. The van der Waals surface area contributed by atoms with Crippen LogP contribution < -0.4 is 0 Å². The van der Waals surface area contributed by atoms with Gasteiger partial charge in [0.15, 0.2) is 9.76 Å². The second-order valence-corrected chi connectivity index (χ2v) is 4.24. The molecule has 5 heteroatoms. The van der Waals surface area contributed by atoms with Crippen LogP contribution >= 0.6 is 27.5 Å². The average molecular weight is 251 g/mol. The number of hydrogen-bond donors (Lipinski definition) is 0. The van der Waals surface area contributed by atoms with Gasteiger partial charge in [0.05, 0.1) is 6.54 Å². The van der Waals surface area contributed by atoms with Gasteiger partial charge in [-0.15, -0.1) is 10.2 Å². The highest BCUT2D eigenvalue weighted by Crippen LogP contribution is 2.28. The van der Waals surface area contributed by atoms with Crippen molar-refractivity contribution in [1.29, 1.82) is 0 Å². The fourth-order valence-corrected chi connectivity index (χ4v) is 1.68. The molecule has 3 nitrogen and oxygen atoms in total. The van der Waals surface area contributed by atoms with E-state index in [9.17, 15) is 0 Å². The van der Waals surface area contributed by atoms with E-state index >= 15 is 0 Å². The first kappa shape index (κ1) is 8.51. The third-order valence-electron chi connectivity index (χ3n) is 2.22. The summed E-state index contributed by atoms with van der Waals surface area (Å²) >= 11 is 8.95. The fourth-order valence-electron chi connectivity index (χ4n) is 1.30. The lowest BCUT2D eigenvalue weighted by Crippen LogP contribution is -2.19. The van der Waals surface area contributed by atoms with Crippen LogP contribution in [0.25, 0.3) is 0 Å². The minimum atomic E-state index is 0.453. The van der Waals surface area contributed by atoms with Crippen molar-refractivity contribution in [2.75, 3.05) is 0 Å². The van der Waals surface area contributed by atoms with E-state index < -0.39 is 0 Å². The Morgan fingerprint density at radius 2 is 2.25 bits per heavy atom. The molecule has 0 aliphatic heterocycles. The van der Waals surface area contributed by atoms with Crippen LogP contribution in [0.1, 0.15) is 19.3 Å².